The lowest BCUT2D eigenvalue weighted by Gasteiger charge is -2.16. The van der Waals surface area contributed by atoms with E-state index in [1.807, 2.05) is 63.2 Å². The number of nitrogens with zero attached hydrogens (tertiary/aromatic N) is 1. The quantitative estimate of drug-likeness (QED) is 0.904. The van der Waals surface area contributed by atoms with E-state index in [9.17, 15) is 4.79 Å². The Hall–Kier alpha value is -2.49. The number of carbonyl (C=O) groups is 1. The first kappa shape index (κ1) is 15.9. The van der Waals surface area contributed by atoms with Crippen molar-refractivity contribution < 1.29 is 4.79 Å². The standard InChI is InChI=1S/C18H23N3O/c1-13-6-5-7-15(10-13)12-19-18(22)20-17-9-8-16(21(3)4)11-14(17)2/h5-11H,12H2,1-4H3,(H2,19,20,22). The van der Waals surface area contributed by atoms with Crippen LogP contribution in [0.4, 0.5) is 16.2 Å². The maximum Gasteiger partial charge on any atom is 0.319 e. The lowest BCUT2D eigenvalue weighted by molar-refractivity contribution is 0.251. The minimum Gasteiger partial charge on any atom is -0.378 e. The molecule has 0 aliphatic rings. The van der Waals surface area contributed by atoms with Crippen molar-refractivity contribution in [1.82, 2.24) is 5.32 Å². The van der Waals surface area contributed by atoms with Gasteiger partial charge in [-0.3, -0.25) is 0 Å². The summed E-state index contributed by atoms with van der Waals surface area (Å²) in [4.78, 5) is 14.0. The topological polar surface area (TPSA) is 44.4 Å². The maximum absolute atomic E-state index is 12.0. The summed E-state index contributed by atoms with van der Waals surface area (Å²) in [6, 6.07) is 13.9. The molecule has 0 aliphatic heterocycles. The van der Waals surface area contributed by atoms with Gasteiger partial charge in [-0.1, -0.05) is 29.8 Å². The van der Waals surface area contributed by atoms with Crippen LogP contribution in [0.1, 0.15) is 16.7 Å². The summed E-state index contributed by atoms with van der Waals surface area (Å²) < 4.78 is 0. The van der Waals surface area contributed by atoms with Gasteiger partial charge in [0.2, 0.25) is 0 Å². The molecule has 0 unspecified atom stereocenters. The number of carbonyl (C=O) groups excluding carboxylic acids is 1. The molecule has 0 radical (unpaired) electrons. The van der Waals surface area contributed by atoms with Crippen LogP contribution in [-0.2, 0) is 6.54 Å². The van der Waals surface area contributed by atoms with E-state index in [4.69, 9.17) is 0 Å². The van der Waals surface area contributed by atoms with Gasteiger partial charge in [-0.05, 0) is 43.2 Å². The summed E-state index contributed by atoms with van der Waals surface area (Å²) in [6.45, 7) is 4.55. The molecule has 22 heavy (non-hydrogen) atoms. The van der Waals surface area contributed by atoms with Gasteiger partial charge >= 0.3 is 6.03 Å². The summed E-state index contributed by atoms with van der Waals surface area (Å²) in [5.74, 6) is 0. The number of rotatable bonds is 4. The minimum atomic E-state index is -0.192. The van der Waals surface area contributed by atoms with Crippen molar-refractivity contribution in [3.05, 3.63) is 59.2 Å². The number of nitrogens with one attached hydrogen (secondary N) is 2. The Bertz CT molecular complexity index is 665. The van der Waals surface area contributed by atoms with Crippen LogP contribution in [0.25, 0.3) is 0 Å². The van der Waals surface area contributed by atoms with Crippen LogP contribution in [0.15, 0.2) is 42.5 Å². The average molecular weight is 297 g/mol. The largest absolute Gasteiger partial charge is 0.378 e. The van der Waals surface area contributed by atoms with Crippen molar-refractivity contribution in [1.29, 1.82) is 0 Å². The average Bonchev–Trinajstić information content (AvgIpc) is 2.47. The molecule has 4 heteroatoms. The maximum atomic E-state index is 12.0. The number of amides is 2. The van der Waals surface area contributed by atoms with E-state index in [-0.39, 0.29) is 6.03 Å². The minimum absolute atomic E-state index is 0.192. The Kier molecular flexibility index (Phi) is 5.04. The highest BCUT2D eigenvalue weighted by Crippen LogP contribution is 2.21. The third-order valence-corrected chi connectivity index (χ3v) is 3.51. The van der Waals surface area contributed by atoms with Crippen molar-refractivity contribution in [3.8, 4) is 0 Å². The molecule has 0 spiro atoms. The number of urea groups is 1. The molecule has 2 rings (SSSR count). The van der Waals surface area contributed by atoms with Crippen LogP contribution in [-0.4, -0.2) is 20.1 Å². The second kappa shape index (κ2) is 6.98. The van der Waals surface area contributed by atoms with Crippen molar-refractivity contribution in [2.45, 2.75) is 20.4 Å². The van der Waals surface area contributed by atoms with Gasteiger partial charge in [-0.2, -0.15) is 0 Å². The second-order valence-corrected chi connectivity index (χ2v) is 5.69. The number of hydrogen-bond donors (Lipinski definition) is 2. The molecule has 0 saturated heterocycles. The SMILES string of the molecule is Cc1cccc(CNC(=O)Nc2ccc(N(C)C)cc2C)c1. The van der Waals surface area contributed by atoms with Gasteiger partial charge in [0.15, 0.2) is 0 Å². The van der Waals surface area contributed by atoms with E-state index >= 15 is 0 Å². The molecule has 0 aliphatic carbocycles. The summed E-state index contributed by atoms with van der Waals surface area (Å²) >= 11 is 0. The molecule has 2 aromatic rings. The highest BCUT2D eigenvalue weighted by atomic mass is 16.2. The van der Waals surface area contributed by atoms with Gasteiger partial charge in [0, 0.05) is 32.0 Å². The normalized spacial score (nSPS) is 10.2. The molecule has 0 saturated carbocycles. The summed E-state index contributed by atoms with van der Waals surface area (Å²) in [5, 5.41) is 5.77. The fraction of sp³-hybridized carbons (Fsp3) is 0.278. The highest BCUT2D eigenvalue weighted by Gasteiger charge is 2.06. The Morgan fingerprint density at radius 1 is 1.09 bits per heavy atom. The lowest BCUT2D eigenvalue weighted by Crippen LogP contribution is -2.28. The molecule has 0 bridgehead atoms. The van der Waals surface area contributed by atoms with Crippen molar-refractivity contribution >= 4 is 17.4 Å². The number of anilines is 2. The van der Waals surface area contributed by atoms with E-state index < -0.39 is 0 Å². The predicted octanol–water partition coefficient (Wildman–Crippen LogP) is 3.69. The Morgan fingerprint density at radius 2 is 1.86 bits per heavy atom. The zero-order valence-electron chi connectivity index (χ0n) is 13.6. The van der Waals surface area contributed by atoms with Crippen molar-refractivity contribution in [2.24, 2.45) is 0 Å². The Labute approximate surface area is 132 Å². The summed E-state index contributed by atoms with van der Waals surface area (Å²) in [7, 11) is 3.99. The fourth-order valence-corrected chi connectivity index (χ4v) is 2.24. The molecule has 2 N–H and O–H groups in total. The van der Waals surface area contributed by atoms with Gasteiger partial charge < -0.3 is 15.5 Å². The molecule has 0 fully saturated rings. The molecule has 116 valence electrons. The predicted molar refractivity (Wildman–Crippen MR) is 92.5 cm³/mol. The number of aryl methyl sites for hydroxylation is 2. The van der Waals surface area contributed by atoms with Gasteiger partial charge in [-0.15, -0.1) is 0 Å². The third kappa shape index (κ3) is 4.25. The molecule has 0 atom stereocenters. The Morgan fingerprint density at radius 3 is 2.50 bits per heavy atom. The first-order valence-electron chi connectivity index (χ1n) is 7.34. The van der Waals surface area contributed by atoms with Crippen LogP contribution in [0.3, 0.4) is 0 Å². The monoisotopic (exact) mass is 297 g/mol. The van der Waals surface area contributed by atoms with Crippen LogP contribution in [0, 0.1) is 13.8 Å². The van der Waals surface area contributed by atoms with E-state index in [0.717, 1.165) is 22.5 Å². The van der Waals surface area contributed by atoms with E-state index in [0.29, 0.717) is 6.54 Å². The Balaban J connectivity index is 1.94. The molecule has 0 heterocycles. The molecular formula is C18H23N3O. The van der Waals surface area contributed by atoms with Crippen LogP contribution in [0.2, 0.25) is 0 Å². The van der Waals surface area contributed by atoms with Crippen molar-refractivity contribution in [2.75, 3.05) is 24.3 Å². The van der Waals surface area contributed by atoms with Crippen LogP contribution in [0.5, 0.6) is 0 Å². The van der Waals surface area contributed by atoms with Crippen LogP contribution >= 0.6 is 0 Å². The molecule has 4 nitrogen and oxygen atoms in total. The first-order chi connectivity index (χ1) is 10.5. The van der Waals surface area contributed by atoms with Crippen LogP contribution < -0.4 is 15.5 Å². The molecule has 2 amide bonds. The van der Waals surface area contributed by atoms with E-state index in [1.54, 1.807) is 0 Å². The first-order valence-corrected chi connectivity index (χ1v) is 7.34. The van der Waals surface area contributed by atoms with Gasteiger partial charge in [0.05, 0.1) is 0 Å². The lowest BCUT2D eigenvalue weighted by atomic mass is 10.1. The molecule has 2 aromatic carbocycles. The third-order valence-electron chi connectivity index (χ3n) is 3.51. The number of hydrogen-bond acceptors (Lipinski definition) is 2. The van der Waals surface area contributed by atoms with Crippen molar-refractivity contribution in [3.63, 3.8) is 0 Å². The zero-order valence-corrected chi connectivity index (χ0v) is 13.6. The number of benzene rings is 2. The van der Waals surface area contributed by atoms with E-state index in [1.165, 1.54) is 5.56 Å². The molecular weight excluding hydrogens is 274 g/mol. The summed E-state index contributed by atoms with van der Waals surface area (Å²) in [5.41, 5.74) is 5.26. The smallest absolute Gasteiger partial charge is 0.319 e. The zero-order chi connectivity index (χ0) is 16.1. The van der Waals surface area contributed by atoms with Gasteiger partial charge in [-0.25, -0.2) is 4.79 Å². The van der Waals surface area contributed by atoms with Gasteiger partial charge in [0.1, 0.15) is 0 Å². The fourth-order valence-electron chi connectivity index (χ4n) is 2.24. The highest BCUT2D eigenvalue weighted by molar-refractivity contribution is 5.90. The van der Waals surface area contributed by atoms with E-state index in [2.05, 4.69) is 22.8 Å². The van der Waals surface area contributed by atoms with Gasteiger partial charge in [0.25, 0.3) is 0 Å². The summed E-state index contributed by atoms with van der Waals surface area (Å²) in [6.07, 6.45) is 0. The second-order valence-electron chi connectivity index (χ2n) is 5.69. The molecule has 0 aromatic heterocycles.